The third kappa shape index (κ3) is 9.08. The summed E-state index contributed by atoms with van der Waals surface area (Å²) in [4.78, 5) is 22.7. The minimum atomic E-state index is -0.316. The minimum Gasteiger partial charge on any atom is -0.507 e. The van der Waals surface area contributed by atoms with E-state index in [4.69, 9.17) is 14.7 Å². The summed E-state index contributed by atoms with van der Waals surface area (Å²) in [6.07, 6.45) is 13.9. The van der Waals surface area contributed by atoms with E-state index >= 15 is 0 Å². The number of aromatic hydroxyl groups is 2. The van der Waals surface area contributed by atoms with Gasteiger partial charge >= 0.3 is 5.97 Å². The molecule has 6 rings (SSSR count). The molecule has 0 amide bonds. The van der Waals surface area contributed by atoms with Crippen LogP contribution < -0.4 is 4.74 Å². The van der Waals surface area contributed by atoms with Crippen molar-refractivity contribution in [3.8, 4) is 29.1 Å². The number of allylic oxidation sites excluding steroid dienone is 2. The number of hydrogen-bond donors (Lipinski definition) is 2. The fraction of sp³-hybridized carbons (Fsp3) is 0.444. The Hall–Kier alpha value is -4.12. The summed E-state index contributed by atoms with van der Waals surface area (Å²) in [6.45, 7) is 14.6. The van der Waals surface area contributed by atoms with Crippen LogP contribution in [0.15, 0.2) is 70.7 Å². The van der Waals surface area contributed by atoms with Crippen molar-refractivity contribution in [2.75, 3.05) is 0 Å². The van der Waals surface area contributed by atoms with Gasteiger partial charge in [-0.25, -0.2) is 0 Å². The van der Waals surface area contributed by atoms with Crippen molar-refractivity contribution in [2.45, 2.75) is 110 Å². The fourth-order valence-electron chi connectivity index (χ4n) is 7.66. The molecular formula is C45H52CoN2O4. The van der Waals surface area contributed by atoms with E-state index < -0.39 is 0 Å². The maximum absolute atomic E-state index is 12.8. The first-order valence-electron chi connectivity index (χ1n) is 18.5. The van der Waals surface area contributed by atoms with Crippen LogP contribution in [0.3, 0.4) is 0 Å². The van der Waals surface area contributed by atoms with Gasteiger partial charge in [0, 0.05) is 62.6 Å². The quantitative estimate of drug-likeness (QED) is 0.0866. The van der Waals surface area contributed by atoms with Gasteiger partial charge in [0.25, 0.3) is 0 Å². The molecule has 2 fully saturated rings. The summed E-state index contributed by atoms with van der Waals surface area (Å²) in [6, 6.07) is 15.1. The van der Waals surface area contributed by atoms with Gasteiger partial charge in [0.1, 0.15) is 17.2 Å². The standard InChI is InChI=1S/C45H52N2O4.Co/c1-28-20-33(41(48)37(21-28)44(2,3)4)26-46-39-10-8-9-11-40(39)47-27-34-23-31(25-38(42(34)49)45(5,6)7)13-12-29-15-18-35(19-16-29)51-43(50)36-24-30-14-17-32(36)22-30;/h14-21,23,25-27,30,32,36,39-40,48-49H,8-11,22,24H2,1-7H3;/t30?,32?,36?,39-,40-;/m1./s1. The Kier molecular flexibility index (Phi) is 11.9. The summed E-state index contributed by atoms with van der Waals surface area (Å²) in [7, 11) is 0. The van der Waals surface area contributed by atoms with Gasteiger partial charge in [-0.05, 0) is 103 Å². The normalized spacial score (nSPS) is 22.7. The number of aliphatic imine (C=N–C) groups is 2. The predicted molar refractivity (Wildman–Crippen MR) is 206 cm³/mol. The van der Waals surface area contributed by atoms with Crippen molar-refractivity contribution >= 4 is 18.4 Å². The number of rotatable bonds is 6. The van der Waals surface area contributed by atoms with Crippen LogP contribution in [-0.2, 0) is 32.4 Å². The molecule has 1 radical (unpaired) electrons. The predicted octanol–water partition coefficient (Wildman–Crippen LogP) is 9.37. The zero-order valence-corrected chi connectivity index (χ0v) is 32.5. The van der Waals surface area contributed by atoms with Crippen LogP contribution in [0, 0.1) is 36.5 Å². The second-order valence-electron chi connectivity index (χ2n) is 16.8. The van der Waals surface area contributed by atoms with E-state index in [2.05, 4.69) is 65.5 Å². The smallest absolute Gasteiger partial charge is 0.314 e. The van der Waals surface area contributed by atoms with Gasteiger partial charge in [-0.15, -0.1) is 0 Å². The first-order valence-corrected chi connectivity index (χ1v) is 18.5. The molecule has 2 N–H and O–H groups in total. The summed E-state index contributed by atoms with van der Waals surface area (Å²) in [5, 5.41) is 22.5. The molecule has 3 aromatic carbocycles. The summed E-state index contributed by atoms with van der Waals surface area (Å²) in [5.41, 5.74) is 5.25. The van der Waals surface area contributed by atoms with Gasteiger partial charge in [-0.3, -0.25) is 14.8 Å². The Bertz CT molecular complexity index is 1940. The molecule has 3 aliphatic carbocycles. The van der Waals surface area contributed by atoms with Crippen LogP contribution in [0.1, 0.15) is 119 Å². The number of esters is 1. The van der Waals surface area contributed by atoms with E-state index in [1.807, 2.05) is 49.5 Å². The van der Waals surface area contributed by atoms with Crippen LogP contribution in [0.4, 0.5) is 0 Å². The van der Waals surface area contributed by atoms with Crippen molar-refractivity contribution < 1.29 is 36.5 Å². The number of nitrogens with zero attached hydrogens (tertiary/aromatic N) is 2. The van der Waals surface area contributed by atoms with E-state index in [0.29, 0.717) is 23.1 Å². The number of carbonyl (C=O) groups is 1. The molecule has 275 valence electrons. The molecule has 0 saturated heterocycles. The average molecular weight is 744 g/mol. The Morgan fingerprint density at radius 1 is 0.769 bits per heavy atom. The molecular weight excluding hydrogens is 691 g/mol. The maximum atomic E-state index is 12.8. The van der Waals surface area contributed by atoms with Crippen molar-refractivity contribution in [2.24, 2.45) is 27.7 Å². The van der Waals surface area contributed by atoms with E-state index in [1.165, 1.54) is 0 Å². The largest absolute Gasteiger partial charge is 0.507 e. The first-order chi connectivity index (χ1) is 24.2. The van der Waals surface area contributed by atoms with Crippen molar-refractivity contribution in [3.63, 3.8) is 0 Å². The van der Waals surface area contributed by atoms with E-state index in [0.717, 1.165) is 71.9 Å². The zero-order valence-electron chi connectivity index (χ0n) is 31.5. The molecule has 2 saturated carbocycles. The SMILES string of the molecule is Cc1cc(C=N[C@@H]2CCCC[C@H]2N=Cc2cc(C#Cc3ccc(OC(=O)C4CC5C=CC4C5)cc3)cc(C(C)(C)C)c2O)c(O)c(C(C)(C)C)c1.[Co]. The summed E-state index contributed by atoms with van der Waals surface area (Å²) >= 11 is 0. The van der Waals surface area contributed by atoms with Gasteiger partial charge in [0.05, 0.1) is 18.0 Å². The number of hydrogen-bond acceptors (Lipinski definition) is 6. The number of phenolic OH excluding ortho intramolecular Hbond substituents is 2. The van der Waals surface area contributed by atoms with Crippen LogP contribution in [-0.4, -0.2) is 40.7 Å². The van der Waals surface area contributed by atoms with Crippen LogP contribution in [0.2, 0.25) is 0 Å². The van der Waals surface area contributed by atoms with Gasteiger partial charge < -0.3 is 14.9 Å². The third-order valence-electron chi connectivity index (χ3n) is 10.5. The molecule has 0 aromatic heterocycles. The van der Waals surface area contributed by atoms with Crippen molar-refractivity contribution in [1.82, 2.24) is 0 Å². The molecule has 2 bridgehead atoms. The third-order valence-corrected chi connectivity index (χ3v) is 10.5. The van der Waals surface area contributed by atoms with Crippen molar-refractivity contribution in [1.29, 1.82) is 0 Å². The Labute approximate surface area is 320 Å². The molecule has 0 heterocycles. The summed E-state index contributed by atoms with van der Waals surface area (Å²) in [5.74, 6) is 8.20. The Morgan fingerprint density at radius 3 is 1.87 bits per heavy atom. The van der Waals surface area contributed by atoms with Crippen molar-refractivity contribution in [3.05, 3.63) is 99.6 Å². The summed E-state index contributed by atoms with van der Waals surface area (Å²) < 4.78 is 5.72. The average Bonchev–Trinajstić information content (AvgIpc) is 3.72. The van der Waals surface area contributed by atoms with Gasteiger partial charge in [-0.1, -0.05) is 84.4 Å². The van der Waals surface area contributed by atoms with E-state index in [1.54, 1.807) is 18.3 Å². The van der Waals surface area contributed by atoms with Gasteiger partial charge in [0.15, 0.2) is 0 Å². The molecule has 0 spiro atoms. The zero-order chi connectivity index (χ0) is 36.5. The minimum absolute atomic E-state index is 0. The number of aryl methyl sites for hydroxylation is 1. The maximum Gasteiger partial charge on any atom is 0.314 e. The van der Waals surface area contributed by atoms with Crippen LogP contribution >= 0.6 is 0 Å². The van der Waals surface area contributed by atoms with Gasteiger partial charge in [0.2, 0.25) is 0 Å². The Morgan fingerprint density at radius 2 is 1.33 bits per heavy atom. The first kappa shape index (κ1) is 39.1. The topological polar surface area (TPSA) is 91.5 Å². The monoisotopic (exact) mass is 743 g/mol. The second kappa shape index (κ2) is 15.9. The molecule has 52 heavy (non-hydrogen) atoms. The fourth-order valence-corrected chi connectivity index (χ4v) is 7.66. The molecule has 6 nitrogen and oxygen atoms in total. The van der Waals surface area contributed by atoms with Crippen LogP contribution in [0.25, 0.3) is 0 Å². The van der Waals surface area contributed by atoms with E-state index in [9.17, 15) is 15.0 Å². The molecule has 3 unspecified atom stereocenters. The number of benzene rings is 3. The molecule has 7 heteroatoms. The van der Waals surface area contributed by atoms with Gasteiger partial charge in [-0.2, -0.15) is 0 Å². The number of carbonyl (C=O) groups excluding carboxylic acids is 1. The number of phenols is 2. The molecule has 3 aliphatic rings. The van der Waals surface area contributed by atoms with Crippen LogP contribution in [0.5, 0.6) is 17.2 Å². The van der Waals surface area contributed by atoms with E-state index in [-0.39, 0.29) is 63.1 Å². The Balaban J connectivity index is 0.00000523. The number of ether oxygens (including phenoxy) is 1. The second-order valence-corrected chi connectivity index (χ2v) is 16.8. The number of fused-ring (bicyclic) bond motifs is 2. The molecule has 5 atom stereocenters. The molecule has 0 aliphatic heterocycles. The molecule has 3 aromatic rings.